The largest absolute Gasteiger partial charge is 0.497 e. The standard InChI is InChI=1S/C32H38F3N3O5S/c1-7-28(30(40)36-31(3,4)5)37(20-23-10-8-13-26(18-23)43-6)29(39)21-38(25-12-9-11-24(19-25)32(33,34)35)44(41,42)27-16-14-22(2)15-17-27/h8-19,28H,7,20-21H2,1-6H3,(H,36,40). The molecule has 2 amide bonds. The molecule has 0 bridgehead atoms. The molecule has 0 aromatic heterocycles. The molecule has 3 aromatic carbocycles. The summed E-state index contributed by atoms with van der Waals surface area (Å²) in [4.78, 5) is 28.6. The molecule has 0 heterocycles. The summed E-state index contributed by atoms with van der Waals surface area (Å²) in [6.07, 6.45) is -4.57. The molecule has 3 rings (SSSR count). The third-order valence-corrected chi connectivity index (χ3v) is 8.51. The van der Waals surface area contributed by atoms with Crippen molar-refractivity contribution in [3.8, 4) is 5.75 Å². The maximum absolute atomic E-state index is 14.2. The van der Waals surface area contributed by atoms with Gasteiger partial charge in [0.05, 0.1) is 23.3 Å². The lowest BCUT2D eigenvalue weighted by molar-refractivity contribution is -0.141. The van der Waals surface area contributed by atoms with Gasteiger partial charge >= 0.3 is 6.18 Å². The average Bonchev–Trinajstić information content (AvgIpc) is 2.94. The number of nitrogens with zero attached hydrogens (tertiary/aromatic N) is 2. The summed E-state index contributed by atoms with van der Waals surface area (Å²) < 4.78 is 74.8. The monoisotopic (exact) mass is 633 g/mol. The first kappa shape index (κ1) is 34.4. The number of sulfonamides is 1. The van der Waals surface area contributed by atoms with Crippen molar-refractivity contribution in [1.82, 2.24) is 10.2 Å². The number of hydrogen-bond donors (Lipinski definition) is 1. The number of anilines is 1. The number of carbonyl (C=O) groups excluding carboxylic acids is 2. The van der Waals surface area contributed by atoms with Crippen molar-refractivity contribution in [3.63, 3.8) is 0 Å². The van der Waals surface area contributed by atoms with Crippen molar-refractivity contribution in [2.75, 3.05) is 18.0 Å². The minimum absolute atomic E-state index is 0.0902. The lowest BCUT2D eigenvalue weighted by Gasteiger charge is -2.35. The van der Waals surface area contributed by atoms with Crippen molar-refractivity contribution >= 4 is 27.5 Å². The van der Waals surface area contributed by atoms with Crippen molar-refractivity contribution < 1.29 is 35.9 Å². The molecule has 0 saturated heterocycles. The number of halogens is 3. The molecule has 0 saturated carbocycles. The predicted octanol–water partition coefficient (Wildman–Crippen LogP) is 5.94. The number of alkyl halides is 3. The van der Waals surface area contributed by atoms with Crippen LogP contribution in [0.5, 0.6) is 5.75 Å². The molecule has 238 valence electrons. The summed E-state index contributed by atoms with van der Waals surface area (Å²) in [5, 5.41) is 2.87. The van der Waals surface area contributed by atoms with E-state index in [1.54, 1.807) is 71.0 Å². The van der Waals surface area contributed by atoms with E-state index in [-0.39, 0.29) is 23.5 Å². The van der Waals surface area contributed by atoms with Crippen LogP contribution in [0.15, 0.2) is 77.7 Å². The molecular weight excluding hydrogens is 595 g/mol. The Kier molecular flexibility index (Phi) is 10.7. The Bertz CT molecular complexity index is 1570. The number of aryl methyl sites for hydroxylation is 1. The van der Waals surface area contributed by atoms with Gasteiger partial charge in [-0.1, -0.05) is 42.8 Å². The van der Waals surface area contributed by atoms with Crippen LogP contribution >= 0.6 is 0 Å². The summed E-state index contributed by atoms with van der Waals surface area (Å²) in [6, 6.07) is 15.4. The molecule has 12 heteroatoms. The molecule has 0 radical (unpaired) electrons. The Balaban J connectivity index is 2.14. The Morgan fingerprint density at radius 2 is 1.59 bits per heavy atom. The zero-order chi connectivity index (χ0) is 32.9. The normalized spacial score (nSPS) is 12.8. The summed E-state index contributed by atoms with van der Waals surface area (Å²) in [7, 11) is -3.05. The van der Waals surface area contributed by atoms with Gasteiger partial charge in [0.1, 0.15) is 18.3 Å². The zero-order valence-corrected chi connectivity index (χ0v) is 26.4. The van der Waals surface area contributed by atoms with Gasteiger partial charge in [-0.15, -0.1) is 0 Å². The lowest BCUT2D eigenvalue weighted by Crippen LogP contribution is -2.55. The van der Waals surface area contributed by atoms with Crippen LogP contribution in [0.1, 0.15) is 50.8 Å². The van der Waals surface area contributed by atoms with Crippen LogP contribution in [0.4, 0.5) is 18.9 Å². The summed E-state index contributed by atoms with van der Waals surface area (Å²) >= 11 is 0. The minimum atomic E-state index is -4.75. The van der Waals surface area contributed by atoms with Gasteiger partial charge in [0, 0.05) is 12.1 Å². The molecule has 0 fully saturated rings. The van der Waals surface area contributed by atoms with Gasteiger partial charge in [-0.05, 0) is 82.1 Å². The molecule has 1 unspecified atom stereocenters. The minimum Gasteiger partial charge on any atom is -0.497 e. The van der Waals surface area contributed by atoms with Gasteiger partial charge < -0.3 is 15.0 Å². The highest BCUT2D eigenvalue weighted by molar-refractivity contribution is 7.92. The van der Waals surface area contributed by atoms with Crippen LogP contribution in [0.2, 0.25) is 0 Å². The Hall–Kier alpha value is -4.06. The molecule has 0 spiro atoms. The van der Waals surface area contributed by atoms with E-state index in [4.69, 9.17) is 4.74 Å². The number of hydrogen-bond acceptors (Lipinski definition) is 5. The highest BCUT2D eigenvalue weighted by Crippen LogP contribution is 2.33. The first-order valence-electron chi connectivity index (χ1n) is 14.0. The topological polar surface area (TPSA) is 96.0 Å². The van der Waals surface area contributed by atoms with Crippen molar-refractivity contribution in [3.05, 3.63) is 89.5 Å². The van der Waals surface area contributed by atoms with Crippen LogP contribution in [0.3, 0.4) is 0 Å². The van der Waals surface area contributed by atoms with Gasteiger partial charge in [0.25, 0.3) is 10.0 Å². The molecular formula is C32H38F3N3O5S. The Labute approximate surface area is 256 Å². The second kappa shape index (κ2) is 13.7. The first-order valence-corrected chi connectivity index (χ1v) is 15.4. The van der Waals surface area contributed by atoms with Gasteiger partial charge in [-0.3, -0.25) is 13.9 Å². The van der Waals surface area contributed by atoms with E-state index in [9.17, 15) is 31.2 Å². The smallest absolute Gasteiger partial charge is 0.416 e. The van der Waals surface area contributed by atoms with E-state index in [0.29, 0.717) is 21.7 Å². The molecule has 8 nitrogen and oxygen atoms in total. The van der Waals surface area contributed by atoms with E-state index in [2.05, 4.69) is 5.32 Å². The van der Waals surface area contributed by atoms with E-state index >= 15 is 0 Å². The fourth-order valence-corrected chi connectivity index (χ4v) is 5.95. The lowest BCUT2D eigenvalue weighted by atomic mass is 10.1. The summed E-state index contributed by atoms with van der Waals surface area (Å²) in [5.41, 5.74) is -0.677. The van der Waals surface area contributed by atoms with Gasteiger partial charge in [-0.25, -0.2) is 8.42 Å². The van der Waals surface area contributed by atoms with Crippen LogP contribution in [-0.2, 0) is 32.3 Å². The molecule has 0 aliphatic heterocycles. The number of amides is 2. The second-order valence-electron chi connectivity index (χ2n) is 11.4. The van der Waals surface area contributed by atoms with Gasteiger partial charge in [-0.2, -0.15) is 13.2 Å². The highest BCUT2D eigenvalue weighted by atomic mass is 32.2. The zero-order valence-electron chi connectivity index (χ0n) is 25.6. The van der Waals surface area contributed by atoms with E-state index in [1.165, 1.54) is 30.2 Å². The molecule has 1 N–H and O–H groups in total. The maximum atomic E-state index is 14.2. The number of ether oxygens (including phenoxy) is 1. The third kappa shape index (κ3) is 8.75. The van der Waals surface area contributed by atoms with Crippen LogP contribution in [-0.4, -0.2) is 50.4 Å². The van der Waals surface area contributed by atoms with E-state index in [0.717, 1.165) is 17.7 Å². The first-order chi connectivity index (χ1) is 20.5. The Morgan fingerprint density at radius 1 is 0.955 bits per heavy atom. The number of nitrogens with one attached hydrogen (secondary N) is 1. The number of rotatable bonds is 11. The van der Waals surface area contributed by atoms with E-state index < -0.39 is 51.7 Å². The number of benzene rings is 3. The van der Waals surface area contributed by atoms with Gasteiger partial charge in [0.2, 0.25) is 11.8 Å². The van der Waals surface area contributed by atoms with Gasteiger partial charge in [0.15, 0.2) is 0 Å². The maximum Gasteiger partial charge on any atom is 0.416 e. The predicted molar refractivity (Wildman–Crippen MR) is 163 cm³/mol. The highest BCUT2D eigenvalue weighted by Gasteiger charge is 2.36. The third-order valence-electron chi connectivity index (χ3n) is 6.72. The molecule has 1 atom stereocenters. The van der Waals surface area contributed by atoms with Crippen LogP contribution in [0, 0.1) is 6.92 Å². The van der Waals surface area contributed by atoms with Crippen LogP contribution < -0.4 is 14.4 Å². The fourth-order valence-electron chi connectivity index (χ4n) is 4.54. The second-order valence-corrected chi connectivity index (χ2v) is 13.3. The van der Waals surface area contributed by atoms with Crippen molar-refractivity contribution in [2.45, 2.75) is 70.2 Å². The van der Waals surface area contributed by atoms with Crippen molar-refractivity contribution in [2.24, 2.45) is 0 Å². The fraction of sp³-hybridized carbons (Fsp3) is 0.375. The summed E-state index contributed by atoms with van der Waals surface area (Å²) in [6.45, 7) is 7.88. The number of methoxy groups -OCH3 is 1. The van der Waals surface area contributed by atoms with Crippen LogP contribution in [0.25, 0.3) is 0 Å². The Morgan fingerprint density at radius 3 is 2.16 bits per heavy atom. The van der Waals surface area contributed by atoms with E-state index in [1.807, 2.05) is 0 Å². The molecule has 0 aliphatic carbocycles. The molecule has 3 aromatic rings. The average molecular weight is 634 g/mol. The number of carbonyl (C=O) groups is 2. The van der Waals surface area contributed by atoms with Crippen molar-refractivity contribution in [1.29, 1.82) is 0 Å². The quantitative estimate of drug-likeness (QED) is 0.282. The summed E-state index contributed by atoms with van der Waals surface area (Å²) in [5.74, 6) is -0.727. The molecule has 44 heavy (non-hydrogen) atoms. The molecule has 0 aliphatic rings. The SMILES string of the molecule is CCC(C(=O)NC(C)(C)C)N(Cc1cccc(OC)c1)C(=O)CN(c1cccc(C(F)(F)F)c1)S(=O)(=O)c1ccc(C)cc1.